The molecule has 0 aromatic rings. The van der Waals surface area contributed by atoms with Crippen LogP contribution < -0.4 is 5.32 Å². The van der Waals surface area contributed by atoms with Crippen LogP contribution in [0.15, 0.2) is 11.8 Å². The average Bonchev–Trinajstić information content (AvgIpc) is 2.29. The summed E-state index contributed by atoms with van der Waals surface area (Å²) < 4.78 is 23.8. The summed E-state index contributed by atoms with van der Waals surface area (Å²) >= 11 is 0. The Balaban J connectivity index is 2.21. The van der Waals surface area contributed by atoms with Gasteiger partial charge in [-0.25, -0.2) is 8.42 Å². The minimum atomic E-state index is -2.99. The predicted molar refractivity (Wildman–Crippen MR) is 69.3 cm³/mol. The molecule has 0 radical (unpaired) electrons. The second-order valence-electron chi connectivity index (χ2n) is 5.26. The van der Waals surface area contributed by atoms with E-state index >= 15 is 0 Å². The first-order chi connectivity index (χ1) is 7.98. The zero-order valence-corrected chi connectivity index (χ0v) is 11.5. The lowest BCUT2D eigenvalue weighted by molar-refractivity contribution is 0.199. The van der Waals surface area contributed by atoms with E-state index in [0.717, 1.165) is 38.9 Å². The molecule has 98 valence electrons. The van der Waals surface area contributed by atoms with Crippen molar-refractivity contribution in [1.29, 1.82) is 0 Å². The number of piperidine rings is 1. The van der Waals surface area contributed by atoms with Crippen molar-refractivity contribution in [2.75, 3.05) is 25.9 Å². The summed E-state index contributed by atoms with van der Waals surface area (Å²) in [7, 11) is -2.99. The smallest absolute Gasteiger partial charge is 0.168 e. The quantitative estimate of drug-likeness (QED) is 0.802. The fourth-order valence-electron chi connectivity index (χ4n) is 2.70. The molecule has 5 heteroatoms. The van der Waals surface area contributed by atoms with E-state index in [1.807, 2.05) is 0 Å². The SMILES string of the molecule is CC1CCN(C2=CCNCC2)C(S(C)(=O)=O)C1. The minimum absolute atomic E-state index is 0.310. The van der Waals surface area contributed by atoms with Crippen molar-refractivity contribution in [3.8, 4) is 0 Å². The fraction of sp³-hybridized carbons (Fsp3) is 0.833. The molecule has 2 aliphatic rings. The first-order valence-electron chi connectivity index (χ1n) is 6.33. The largest absolute Gasteiger partial charge is 0.359 e. The standard InChI is InChI=1S/C12H22N2O2S/c1-10-5-8-14(11-3-6-13-7-4-11)12(9-10)17(2,15)16/h3,10,12-13H,4-9H2,1-2H3. The number of nitrogens with one attached hydrogen (secondary N) is 1. The van der Waals surface area contributed by atoms with Gasteiger partial charge >= 0.3 is 0 Å². The summed E-state index contributed by atoms with van der Waals surface area (Å²) in [5.74, 6) is 0.508. The first kappa shape index (κ1) is 12.9. The molecule has 2 heterocycles. The summed E-state index contributed by atoms with van der Waals surface area (Å²) in [6.07, 6.45) is 6.31. The highest BCUT2D eigenvalue weighted by Gasteiger charge is 2.34. The van der Waals surface area contributed by atoms with Gasteiger partial charge in [0.25, 0.3) is 0 Å². The summed E-state index contributed by atoms with van der Waals surface area (Å²) in [4.78, 5) is 2.12. The minimum Gasteiger partial charge on any atom is -0.359 e. The highest BCUT2D eigenvalue weighted by atomic mass is 32.2. The molecule has 0 amide bonds. The van der Waals surface area contributed by atoms with Crippen LogP contribution in [-0.4, -0.2) is 44.6 Å². The van der Waals surface area contributed by atoms with Crippen LogP contribution in [0.3, 0.4) is 0 Å². The molecule has 0 aliphatic carbocycles. The normalized spacial score (nSPS) is 31.2. The number of likely N-dealkylation sites (tertiary alicyclic amines) is 1. The number of hydrogen-bond acceptors (Lipinski definition) is 4. The Labute approximate surface area is 104 Å². The van der Waals surface area contributed by atoms with Crippen molar-refractivity contribution in [3.63, 3.8) is 0 Å². The Morgan fingerprint density at radius 3 is 2.82 bits per heavy atom. The van der Waals surface area contributed by atoms with E-state index in [-0.39, 0.29) is 5.37 Å². The van der Waals surface area contributed by atoms with Crippen molar-refractivity contribution in [2.24, 2.45) is 5.92 Å². The molecular formula is C12H22N2O2S. The summed E-state index contributed by atoms with van der Waals surface area (Å²) in [5, 5.41) is 2.95. The Morgan fingerprint density at radius 1 is 1.47 bits per heavy atom. The van der Waals surface area contributed by atoms with Crippen LogP contribution in [0, 0.1) is 5.92 Å². The van der Waals surface area contributed by atoms with Gasteiger partial charge < -0.3 is 10.2 Å². The summed E-state index contributed by atoms with van der Waals surface area (Å²) in [6.45, 7) is 4.84. The molecule has 0 saturated carbocycles. The van der Waals surface area contributed by atoms with Crippen LogP contribution in [0.25, 0.3) is 0 Å². The van der Waals surface area contributed by atoms with Gasteiger partial charge in [0.1, 0.15) is 5.37 Å². The van der Waals surface area contributed by atoms with Crippen molar-refractivity contribution in [1.82, 2.24) is 10.2 Å². The van der Waals surface area contributed by atoms with Gasteiger partial charge in [0.2, 0.25) is 0 Å². The second kappa shape index (κ2) is 4.98. The fourth-order valence-corrected chi connectivity index (χ4v) is 4.08. The van der Waals surface area contributed by atoms with E-state index < -0.39 is 9.84 Å². The number of hydrogen-bond donors (Lipinski definition) is 1. The third-order valence-corrected chi connectivity index (χ3v) is 5.15. The van der Waals surface area contributed by atoms with Gasteiger partial charge in [-0.2, -0.15) is 0 Å². The van der Waals surface area contributed by atoms with Gasteiger partial charge in [-0.15, -0.1) is 0 Å². The molecule has 0 aromatic heterocycles. The Bertz CT molecular complexity index is 403. The van der Waals surface area contributed by atoms with E-state index in [9.17, 15) is 8.42 Å². The summed E-state index contributed by atoms with van der Waals surface area (Å²) in [6, 6.07) is 0. The first-order valence-corrected chi connectivity index (χ1v) is 8.29. The van der Waals surface area contributed by atoms with E-state index in [2.05, 4.69) is 23.2 Å². The third-order valence-electron chi connectivity index (χ3n) is 3.72. The predicted octanol–water partition coefficient (Wildman–Crippen LogP) is 0.966. The molecule has 2 unspecified atom stereocenters. The Kier molecular flexibility index (Phi) is 3.78. The zero-order valence-electron chi connectivity index (χ0n) is 10.6. The summed E-state index contributed by atoms with van der Waals surface area (Å²) in [5.41, 5.74) is 1.21. The number of sulfone groups is 1. The van der Waals surface area contributed by atoms with Crippen molar-refractivity contribution in [2.45, 2.75) is 31.6 Å². The van der Waals surface area contributed by atoms with Crippen molar-refractivity contribution < 1.29 is 8.42 Å². The van der Waals surface area contributed by atoms with Gasteiger partial charge in [-0.3, -0.25) is 0 Å². The number of rotatable bonds is 2. The maximum Gasteiger partial charge on any atom is 0.168 e. The Morgan fingerprint density at radius 2 is 2.24 bits per heavy atom. The van der Waals surface area contributed by atoms with Crippen LogP contribution in [0.2, 0.25) is 0 Å². The maximum atomic E-state index is 11.9. The van der Waals surface area contributed by atoms with Crippen LogP contribution >= 0.6 is 0 Å². The molecule has 2 rings (SSSR count). The van der Waals surface area contributed by atoms with Gasteiger partial charge in [0, 0.05) is 31.6 Å². The lowest BCUT2D eigenvalue weighted by Crippen LogP contribution is -2.46. The molecule has 4 nitrogen and oxygen atoms in total. The molecule has 1 N–H and O–H groups in total. The second-order valence-corrected chi connectivity index (χ2v) is 7.46. The molecule has 0 aromatic carbocycles. The zero-order chi connectivity index (χ0) is 12.5. The van der Waals surface area contributed by atoms with Gasteiger partial charge in [0.15, 0.2) is 9.84 Å². The van der Waals surface area contributed by atoms with Crippen molar-refractivity contribution >= 4 is 9.84 Å². The van der Waals surface area contributed by atoms with E-state index in [1.54, 1.807) is 0 Å². The molecule has 0 bridgehead atoms. The molecule has 1 saturated heterocycles. The monoisotopic (exact) mass is 258 g/mol. The molecule has 2 aliphatic heterocycles. The highest BCUT2D eigenvalue weighted by Crippen LogP contribution is 2.30. The highest BCUT2D eigenvalue weighted by molar-refractivity contribution is 7.91. The van der Waals surface area contributed by atoms with E-state index in [1.165, 1.54) is 12.0 Å². The molecular weight excluding hydrogens is 236 g/mol. The van der Waals surface area contributed by atoms with Crippen LogP contribution in [-0.2, 0) is 9.84 Å². The Hall–Kier alpha value is -0.550. The van der Waals surface area contributed by atoms with Gasteiger partial charge in [-0.05, 0) is 25.2 Å². The van der Waals surface area contributed by atoms with Crippen LogP contribution in [0.4, 0.5) is 0 Å². The van der Waals surface area contributed by atoms with Crippen LogP contribution in [0.5, 0.6) is 0 Å². The van der Waals surface area contributed by atoms with E-state index in [0.29, 0.717) is 5.92 Å². The molecule has 1 fully saturated rings. The van der Waals surface area contributed by atoms with E-state index in [4.69, 9.17) is 0 Å². The number of nitrogens with zero attached hydrogens (tertiary/aromatic N) is 1. The van der Waals surface area contributed by atoms with Gasteiger partial charge in [-0.1, -0.05) is 13.0 Å². The lowest BCUT2D eigenvalue weighted by atomic mass is 9.98. The molecule has 17 heavy (non-hydrogen) atoms. The topological polar surface area (TPSA) is 49.4 Å². The van der Waals surface area contributed by atoms with Crippen LogP contribution in [0.1, 0.15) is 26.2 Å². The molecule has 0 spiro atoms. The lowest BCUT2D eigenvalue weighted by Gasteiger charge is -2.41. The molecule has 2 atom stereocenters. The third kappa shape index (κ3) is 3.01. The van der Waals surface area contributed by atoms with Gasteiger partial charge in [0.05, 0.1) is 0 Å². The van der Waals surface area contributed by atoms with Crippen molar-refractivity contribution in [3.05, 3.63) is 11.8 Å². The average molecular weight is 258 g/mol. The maximum absolute atomic E-state index is 11.9.